The normalized spacial score (nSPS) is 9.83. The number of aliphatic hydroxyl groups is 1. The lowest BCUT2D eigenvalue weighted by Gasteiger charge is -2.18. The monoisotopic (exact) mass is 176 g/mol. The van der Waals surface area contributed by atoms with Gasteiger partial charge in [-0.25, -0.2) is 0 Å². The standard InChI is InChI=1S/C7H14O2.C2H6O/c1-5-6(8)9-7(2,3)4;1-2-3/h5H2,1-4H3;3H,2H2,1H3. The van der Waals surface area contributed by atoms with Crippen LogP contribution in [0, 0.1) is 0 Å². The molecule has 0 unspecified atom stereocenters. The first-order valence-corrected chi connectivity index (χ1v) is 4.20. The second-order valence-electron chi connectivity index (χ2n) is 3.26. The van der Waals surface area contributed by atoms with E-state index in [1.165, 1.54) is 0 Å². The molecule has 0 rings (SSSR count). The molecule has 0 fully saturated rings. The lowest BCUT2D eigenvalue weighted by molar-refractivity contribution is -0.154. The molecule has 0 spiro atoms. The minimum Gasteiger partial charge on any atom is -0.460 e. The third-order valence-electron chi connectivity index (χ3n) is 0.709. The van der Waals surface area contributed by atoms with Crippen molar-refractivity contribution in [1.29, 1.82) is 0 Å². The van der Waals surface area contributed by atoms with E-state index in [4.69, 9.17) is 9.84 Å². The highest BCUT2D eigenvalue weighted by atomic mass is 16.6. The van der Waals surface area contributed by atoms with Gasteiger partial charge in [0, 0.05) is 13.0 Å². The number of hydrogen-bond acceptors (Lipinski definition) is 3. The van der Waals surface area contributed by atoms with Crippen LogP contribution in [0.5, 0.6) is 0 Å². The van der Waals surface area contributed by atoms with Gasteiger partial charge in [0.05, 0.1) is 0 Å². The molecule has 3 heteroatoms. The van der Waals surface area contributed by atoms with Crippen LogP contribution in [0.2, 0.25) is 0 Å². The Morgan fingerprint density at radius 3 is 1.75 bits per heavy atom. The van der Waals surface area contributed by atoms with E-state index in [1.807, 2.05) is 20.8 Å². The van der Waals surface area contributed by atoms with Gasteiger partial charge in [0.15, 0.2) is 0 Å². The van der Waals surface area contributed by atoms with Crippen molar-refractivity contribution in [2.24, 2.45) is 0 Å². The summed E-state index contributed by atoms with van der Waals surface area (Å²) >= 11 is 0. The molecule has 12 heavy (non-hydrogen) atoms. The Kier molecular flexibility index (Phi) is 8.27. The van der Waals surface area contributed by atoms with Gasteiger partial charge in [0.1, 0.15) is 5.60 Å². The molecule has 0 aromatic heterocycles. The zero-order chi connectivity index (χ0) is 10.2. The Morgan fingerprint density at radius 1 is 1.33 bits per heavy atom. The Balaban J connectivity index is 0. The lowest BCUT2D eigenvalue weighted by Crippen LogP contribution is -2.23. The van der Waals surface area contributed by atoms with Crippen molar-refractivity contribution < 1.29 is 14.6 Å². The van der Waals surface area contributed by atoms with Gasteiger partial charge in [-0.05, 0) is 27.7 Å². The Hall–Kier alpha value is -0.570. The smallest absolute Gasteiger partial charge is 0.306 e. The van der Waals surface area contributed by atoms with Gasteiger partial charge in [0.2, 0.25) is 0 Å². The fourth-order valence-corrected chi connectivity index (χ4v) is 0.414. The molecular formula is C9H20O3. The Morgan fingerprint density at radius 2 is 1.67 bits per heavy atom. The highest BCUT2D eigenvalue weighted by Gasteiger charge is 2.13. The molecule has 0 aromatic carbocycles. The fraction of sp³-hybridized carbons (Fsp3) is 0.889. The van der Waals surface area contributed by atoms with Crippen molar-refractivity contribution in [3.05, 3.63) is 0 Å². The van der Waals surface area contributed by atoms with Crippen LogP contribution in [0.1, 0.15) is 41.0 Å². The van der Waals surface area contributed by atoms with Gasteiger partial charge in [-0.15, -0.1) is 0 Å². The summed E-state index contributed by atoms with van der Waals surface area (Å²) in [7, 11) is 0. The number of hydrogen-bond donors (Lipinski definition) is 1. The zero-order valence-electron chi connectivity index (χ0n) is 8.68. The maximum Gasteiger partial charge on any atom is 0.306 e. The van der Waals surface area contributed by atoms with Gasteiger partial charge in [-0.3, -0.25) is 4.79 Å². The van der Waals surface area contributed by atoms with Crippen molar-refractivity contribution in [1.82, 2.24) is 0 Å². The first kappa shape index (κ1) is 14.0. The van der Waals surface area contributed by atoms with E-state index in [1.54, 1.807) is 13.8 Å². The fourth-order valence-electron chi connectivity index (χ4n) is 0.414. The summed E-state index contributed by atoms with van der Waals surface area (Å²) in [6, 6.07) is 0. The summed E-state index contributed by atoms with van der Waals surface area (Å²) in [6.45, 7) is 9.30. The molecule has 0 aliphatic heterocycles. The van der Waals surface area contributed by atoms with Crippen LogP contribution in [0.3, 0.4) is 0 Å². The molecular weight excluding hydrogens is 156 g/mol. The highest BCUT2D eigenvalue weighted by molar-refractivity contribution is 5.69. The maximum atomic E-state index is 10.6. The molecule has 0 atom stereocenters. The van der Waals surface area contributed by atoms with Crippen LogP contribution < -0.4 is 0 Å². The lowest BCUT2D eigenvalue weighted by atomic mass is 10.2. The first-order valence-electron chi connectivity index (χ1n) is 4.20. The van der Waals surface area contributed by atoms with Crippen molar-refractivity contribution in [2.75, 3.05) is 6.61 Å². The molecule has 0 aromatic rings. The topological polar surface area (TPSA) is 46.5 Å². The summed E-state index contributed by atoms with van der Waals surface area (Å²) in [5, 5.41) is 7.57. The summed E-state index contributed by atoms with van der Waals surface area (Å²) in [4.78, 5) is 10.6. The summed E-state index contributed by atoms with van der Waals surface area (Å²) < 4.78 is 4.95. The van der Waals surface area contributed by atoms with E-state index in [9.17, 15) is 4.79 Å². The summed E-state index contributed by atoms with van der Waals surface area (Å²) in [6.07, 6.45) is 0.456. The number of rotatable bonds is 1. The third-order valence-corrected chi connectivity index (χ3v) is 0.709. The van der Waals surface area contributed by atoms with Gasteiger partial charge < -0.3 is 9.84 Å². The number of ether oxygens (including phenoxy) is 1. The van der Waals surface area contributed by atoms with Crippen molar-refractivity contribution in [3.63, 3.8) is 0 Å². The van der Waals surface area contributed by atoms with Crippen molar-refractivity contribution >= 4 is 5.97 Å². The Bertz CT molecular complexity index is 113. The predicted octanol–water partition coefficient (Wildman–Crippen LogP) is 1.74. The molecule has 3 nitrogen and oxygen atoms in total. The van der Waals surface area contributed by atoms with Crippen LogP contribution >= 0.6 is 0 Å². The SMILES string of the molecule is CCC(=O)OC(C)(C)C.CCO. The van der Waals surface area contributed by atoms with Crippen molar-refractivity contribution in [3.8, 4) is 0 Å². The number of aliphatic hydroxyl groups excluding tert-OH is 1. The number of esters is 1. The van der Waals surface area contributed by atoms with E-state index in [0.717, 1.165) is 0 Å². The summed E-state index contributed by atoms with van der Waals surface area (Å²) in [5.74, 6) is -0.137. The maximum absolute atomic E-state index is 10.6. The average molecular weight is 176 g/mol. The van der Waals surface area contributed by atoms with Crippen LogP contribution in [0.15, 0.2) is 0 Å². The van der Waals surface area contributed by atoms with Gasteiger partial charge in [-0.2, -0.15) is 0 Å². The van der Waals surface area contributed by atoms with Crippen molar-refractivity contribution in [2.45, 2.75) is 46.6 Å². The van der Waals surface area contributed by atoms with Gasteiger partial charge >= 0.3 is 5.97 Å². The van der Waals surface area contributed by atoms with E-state index in [0.29, 0.717) is 6.42 Å². The first-order chi connectivity index (χ1) is 5.37. The van der Waals surface area contributed by atoms with Gasteiger partial charge in [0.25, 0.3) is 0 Å². The van der Waals surface area contributed by atoms with Crippen LogP contribution in [0.4, 0.5) is 0 Å². The quantitative estimate of drug-likeness (QED) is 0.619. The highest BCUT2D eigenvalue weighted by Crippen LogP contribution is 2.07. The molecule has 0 heterocycles. The van der Waals surface area contributed by atoms with E-state index < -0.39 is 0 Å². The van der Waals surface area contributed by atoms with Crippen LogP contribution in [0.25, 0.3) is 0 Å². The molecule has 0 saturated carbocycles. The molecule has 74 valence electrons. The minimum absolute atomic E-state index is 0.137. The molecule has 1 N–H and O–H groups in total. The number of carbonyl (C=O) groups excluding carboxylic acids is 1. The zero-order valence-corrected chi connectivity index (χ0v) is 8.68. The third kappa shape index (κ3) is 16.2. The molecule has 0 bridgehead atoms. The molecule has 0 radical (unpaired) electrons. The molecule has 0 aliphatic carbocycles. The minimum atomic E-state index is -0.326. The predicted molar refractivity (Wildman–Crippen MR) is 48.9 cm³/mol. The summed E-state index contributed by atoms with van der Waals surface area (Å²) in [5.41, 5.74) is -0.326. The molecule has 0 aliphatic rings. The second-order valence-corrected chi connectivity index (χ2v) is 3.26. The van der Waals surface area contributed by atoms with E-state index in [2.05, 4.69) is 0 Å². The second kappa shape index (κ2) is 7.10. The average Bonchev–Trinajstić information content (AvgIpc) is 1.86. The van der Waals surface area contributed by atoms with E-state index in [-0.39, 0.29) is 18.2 Å². The number of carbonyl (C=O) groups is 1. The molecule has 0 amide bonds. The molecule has 0 saturated heterocycles. The van der Waals surface area contributed by atoms with E-state index >= 15 is 0 Å². The van der Waals surface area contributed by atoms with Gasteiger partial charge in [-0.1, -0.05) is 6.92 Å². The Labute approximate surface area is 74.7 Å². The van der Waals surface area contributed by atoms with Crippen LogP contribution in [-0.2, 0) is 9.53 Å². The largest absolute Gasteiger partial charge is 0.460 e. The van der Waals surface area contributed by atoms with Crippen LogP contribution in [-0.4, -0.2) is 23.3 Å².